The van der Waals surface area contributed by atoms with Crippen LogP contribution in [-0.4, -0.2) is 28.6 Å². The van der Waals surface area contributed by atoms with Gasteiger partial charge in [-0.25, -0.2) is 0 Å². The van der Waals surface area contributed by atoms with Crippen molar-refractivity contribution < 1.29 is 9.90 Å². The molecule has 1 saturated heterocycles. The monoisotopic (exact) mass is 219 g/mol. The Kier molecular flexibility index (Phi) is 3.25. The zero-order valence-electron chi connectivity index (χ0n) is 9.52. The molecule has 0 bridgehead atoms. The number of nitrogens with zero attached hydrogens (tertiary/aromatic N) is 1. The molecule has 1 heterocycles. The van der Waals surface area contributed by atoms with E-state index in [9.17, 15) is 4.79 Å². The molecule has 0 saturated carbocycles. The molecule has 1 fully saturated rings. The van der Waals surface area contributed by atoms with E-state index < -0.39 is 5.97 Å². The number of carboxylic acid groups (broad SMARTS) is 1. The van der Waals surface area contributed by atoms with E-state index >= 15 is 0 Å². The van der Waals surface area contributed by atoms with Gasteiger partial charge in [0, 0.05) is 6.54 Å². The van der Waals surface area contributed by atoms with E-state index in [4.69, 9.17) is 5.11 Å². The average molecular weight is 219 g/mol. The second kappa shape index (κ2) is 4.66. The lowest BCUT2D eigenvalue weighted by atomic mass is 10.1. The number of rotatable bonds is 3. The smallest absolute Gasteiger partial charge is 0.320 e. The van der Waals surface area contributed by atoms with Crippen LogP contribution in [0.3, 0.4) is 0 Å². The Morgan fingerprint density at radius 1 is 1.50 bits per heavy atom. The molecule has 1 atom stereocenters. The van der Waals surface area contributed by atoms with E-state index in [1.807, 2.05) is 12.1 Å². The molecule has 3 nitrogen and oxygen atoms in total. The molecule has 0 amide bonds. The standard InChI is InChI=1S/C13H17NO2/c1-10-5-2-3-6-11(10)9-14-8-4-7-12(14)13(15)16/h2-3,5-6,12H,4,7-9H2,1H3,(H,15,16)/t12-/m0/s1. The number of likely N-dealkylation sites (tertiary alicyclic amines) is 1. The fourth-order valence-corrected chi connectivity index (χ4v) is 2.30. The number of aryl methyl sites for hydroxylation is 1. The van der Waals surface area contributed by atoms with Crippen LogP contribution in [0.1, 0.15) is 24.0 Å². The van der Waals surface area contributed by atoms with Crippen molar-refractivity contribution in [2.75, 3.05) is 6.54 Å². The molecular formula is C13H17NO2. The van der Waals surface area contributed by atoms with Crippen LogP contribution >= 0.6 is 0 Å². The van der Waals surface area contributed by atoms with Crippen molar-refractivity contribution in [3.63, 3.8) is 0 Å². The summed E-state index contributed by atoms with van der Waals surface area (Å²) in [6, 6.07) is 7.87. The third kappa shape index (κ3) is 2.25. The molecule has 1 aliphatic rings. The Balaban J connectivity index is 2.10. The maximum Gasteiger partial charge on any atom is 0.320 e. The van der Waals surface area contributed by atoms with Gasteiger partial charge in [0.1, 0.15) is 6.04 Å². The maximum absolute atomic E-state index is 11.0. The van der Waals surface area contributed by atoms with Crippen molar-refractivity contribution in [3.05, 3.63) is 35.4 Å². The highest BCUT2D eigenvalue weighted by molar-refractivity contribution is 5.73. The van der Waals surface area contributed by atoms with Crippen LogP contribution in [0.2, 0.25) is 0 Å². The van der Waals surface area contributed by atoms with E-state index in [1.165, 1.54) is 11.1 Å². The third-order valence-corrected chi connectivity index (χ3v) is 3.28. The number of carboxylic acids is 1. The Hall–Kier alpha value is -1.35. The van der Waals surface area contributed by atoms with Crippen LogP contribution in [0.25, 0.3) is 0 Å². The van der Waals surface area contributed by atoms with Gasteiger partial charge in [-0.05, 0) is 37.4 Å². The molecule has 1 aliphatic heterocycles. The Bertz CT molecular complexity index is 389. The van der Waals surface area contributed by atoms with Gasteiger partial charge in [-0.2, -0.15) is 0 Å². The number of benzene rings is 1. The summed E-state index contributed by atoms with van der Waals surface area (Å²) in [4.78, 5) is 13.1. The van der Waals surface area contributed by atoms with E-state index in [0.717, 1.165) is 25.9 Å². The third-order valence-electron chi connectivity index (χ3n) is 3.28. The first-order valence-electron chi connectivity index (χ1n) is 5.70. The SMILES string of the molecule is Cc1ccccc1CN1CCC[C@H]1C(=O)O. The quantitative estimate of drug-likeness (QED) is 0.845. The molecule has 0 aliphatic carbocycles. The molecule has 0 aromatic heterocycles. The summed E-state index contributed by atoms with van der Waals surface area (Å²) < 4.78 is 0. The molecule has 1 N–H and O–H groups in total. The van der Waals surface area contributed by atoms with Gasteiger partial charge in [-0.3, -0.25) is 9.69 Å². The summed E-state index contributed by atoms with van der Waals surface area (Å²) in [5, 5.41) is 9.09. The summed E-state index contributed by atoms with van der Waals surface area (Å²) in [6.45, 7) is 3.72. The lowest BCUT2D eigenvalue weighted by molar-refractivity contribution is -0.142. The minimum atomic E-state index is -0.689. The maximum atomic E-state index is 11.0. The summed E-state index contributed by atoms with van der Waals surface area (Å²) in [5.41, 5.74) is 2.47. The molecule has 1 aromatic carbocycles. The van der Waals surface area contributed by atoms with Crippen molar-refractivity contribution in [1.29, 1.82) is 0 Å². The second-order valence-corrected chi connectivity index (χ2v) is 4.39. The topological polar surface area (TPSA) is 40.5 Å². The van der Waals surface area contributed by atoms with Crippen LogP contribution in [0, 0.1) is 6.92 Å². The Morgan fingerprint density at radius 2 is 2.25 bits per heavy atom. The van der Waals surface area contributed by atoms with Crippen molar-refractivity contribution in [2.45, 2.75) is 32.4 Å². The molecule has 3 heteroatoms. The van der Waals surface area contributed by atoms with Crippen LogP contribution < -0.4 is 0 Å². The van der Waals surface area contributed by atoms with Gasteiger partial charge in [0.2, 0.25) is 0 Å². The van der Waals surface area contributed by atoms with Gasteiger partial charge >= 0.3 is 5.97 Å². The minimum absolute atomic E-state index is 0.292. The largest absolute Gasteiger partial charge is 0.480 e. The summed E-state index contributed by atoms with van der Waals surface area (Å²) in [5.74, 6) is -0.689. The van der Waals surface area contributed by atoms with Gasteiger partial charge in [-0.1, -0.05) is 24.3 Å². The number of aliphatic carboxylic acids is 1. The predicted octanol–water partition coefficient (Wildman–Crippen LogP) is 2.04. The first-order chi connectivity index (χ1) is 7.68. The molecular weight excluding hydrogens is 202 g/mol. The van der Waals surface area contributed by atoms with Gasteiger partial charge in [0.15, 0.2) is 0 Å². The van der Waals surface area contributed by atoms with Gasteiger partial charge in [-0.15, -0.1) is 0 Å². The van der Waals surface area contributed by atoms with Gasteiger partial charge < -0.3 is 5.11 Å². The first kappa shape index (κ1) is 11.1. The van der Waals surface area contributed by atoms with Crippen molar-refractivity contribution in [3.8, 4) is 0 Å². The highest BCUT2D eigenvalue weighted by Gasteiger charge is 2.30. The van der Waals surface area contributed by atoms with E-state index in [1.54, 1.807) is 0 Å². The zero-order valence-corrected chi connectivity index (χ0v) is 9.52. The molecule has 0 spiro atoms. The number of hydrogen-bond acceptors (Lipinski definition) is 2. The zero-order chi connectivity index (χ0) is 11.5. The predicted molar refractivity (Wildman–Crippen MR) is 62.2 cm³/mol. The fraction of sp³-hybridized carbons (Fsp3) is 0.462. The van der Waals surface area contributed by atoms with Crippen molar-refractivity contribution >= 4 is 5.97 Å². The second-order valence-electron chi connectivity index (χ2n) is 4.39. The van der Waals surface area contributed by atoms with Crippen molar-refractivity contribution in [1.82, 2.24) is 4.90 Å². The van der Waals surface area contributed by atoms with Gasteiger partial charge in [0.25, 0.3) is 0 Å². The van der Waals surface area contributed by atoms with Crippen LogP contribution in [0.4, 0.5) is 0 Å². The normalized spacial score (nSPS) is 21.2. The van der Waals surface area contributed by atoms with Crippen LogP contribution in [0.15, 0.2) is 24.3 Å². The lowest BCUT2D eigenvalue weighted by Gasteiger charge is -2.21. The molecule has 86 valence electrons. The number of carbonyl (C=O) groups is 1. The highest BCUT2D eigenvalue weighted by atomic mass is 16.4. The summed E-state index contributed by atoms with van der Waals surface area (Å²) >= 11 is 0. The lowest BCUT2D eigenvalue weighted by Crippen LogP contribution is -2.35. The van der Waals surface area contributed by atoms with E-state index in [2.05, 4.69) is 24.0 Å². The summed E-state index contributed by atoms with van der Waals surface area (Å²) in [7, 11) is 0. The summed E-state index contributed by atoms with van der Waals surface area (Å²) in [6.07, 6.45) is 1.77. The van der Waals surface area contributed by atoms with Gasteiger partial charge in [0.05, 0.1) is 0 Å². The van der Waals surface area contributed by atoms with Crippen LogP contribution in [0.5, 0.6) is 0 Å². The van der Waals surface area contributed by atoms with E-state index in [-0.39, 0.29) is 6.04 Å². The highest BCUT2D eigenvalue weighted by Crippen LogP contribution is 2.21. The molecule has 16 heavy (non-hydrogen) atoms. The molecule has 2 rings (SSSR count). The Morgan fingerprint density at radius 3 is 2.94 bits per heavy atom. The average Bonchev–Trinajstić information content (AvgIpc) is 2.69. The van der Waals surface area contributed by atoms with E-state index in [0.29, 0.717) is 0 Å². The molecule has 1 aromatic rings. The molecule has 0 unspecified atom stereocenters. The fourth-order valence-electron chi connectivity index (χ4n) is 2.30. The first-order valence-corrected chi connectivity index (χ1v) is 5.70. The Labute approximate surface area is 95.7 Å². The number of hydrogen-bond donors (Lipinski definition) is 1. The van der Waals surface area contributed by atoms with Crippen LogP contribution in [-0.2, 0) is 11.3 Å². The van der Waals surface area contributed by atoms with Crippen molar-refractivity contribution in [2.24, 2.45) is 0 Å². The molecule has 0 radical (unpaired) electrons. The minimum Gasteiger partial charge on any atom is -0.480 e.